The Morgan fingerprint density at radius 2 is 1.84 bits per heavy atom. The molecule has 2 N–H and O–H groups in total. The van der Waals surface area contributed by atoms with Gasteiger partial charge in [-0.1, -0.05) is 25.7 Å². The van der Waals surface area contributed by atoms with Crippen molar-refractivity contribution in [3.05, 3.63) is 23.9 Å². The van der Waals surface area contributed by atoms with Gasteiger partial charge in [0.2, 0.25) is 11.8 Å². The Hall–Kier alpha value is -2.11. The summed E-state index contributed by atoms with van der Waals surface area (Å²) in [5.41, 5.74) is 0.485. The third-order valence-corrected chi connectivity index (χ3v) is 5.33. The lowest BCUT2D eigenvalue weighted by Crippen LogP contribution is -2.47. The maximum absolute atomic E-state index is 12.6. The lowest BCUT2D eigenvalue weighted by molar-refractivity contribution is -0.126. The van der Waals surface area contributed by atoms with E-state index in [4.69, 9.17) is 4.74 Å². The van der Waals surface area contributed by atoms with Gasteiger partial charge < -0.3 is 15.4 Å². The second-order valence-electron chi connectivity index (χ2n) is 7.05. The van der Waals surface area contributed by atoms with Crippen molar-refractivity contribution in [3.8, 4) is 5.88 Å². The van der Waals surface area contributed by atoms with E-state index in [9.17, 15) is 9.59 Å². The molecule has 0 aliphatic heterocycles. The van der Waals surface area contributed by atoms with Gasteiger partial charge in [0.1, 0.15) is 0 Å². The van der Waals surface area contributed by atoms with Crippen molar-refractivity contribution in [2.24, 2.45) is 5.92 Å². The molecule has 0 unspecified atom stereocenters. The van der Waals surface area contributed by atoms with Crippen LogP contribution < -0.4 is 15.4 Å². The molecule has 0 saturated heterocycles. The second kappa shape index (κ2) is 8.32. The molecule has 1 heterocycles. The molecule has 6 heteroatoms. The second-order valence-corrected chi connectivity index (χ2v) is 7.05. The number of carbonyl (C=O) groups is 2. The van der Waals surface area contributed by atoms with Gasteiger partial charge in [-0.15, -0.1) is 0 Å². The summed E-state index contributed by atoms with van der Waals surface area (Å²) in [6.07, 6.45) is 9.96. The first-order valence-corrected chi connectivity index (χ1v) is 9.28. The number of carbonyl (C=O) groups excluding carboxylic acids is 2. The maximum atomic E-state index is 12.6. The first-order valence-electron chi connectivity index (χ1n) is 9.28. The molecule has 2 aliphatic carbocycles. The molecule has 2 saturated carbocycles. The fourth-order valence-corrected chi connectivity index (χ4v) is 3.89. The standard InChI is InChI=1S/C19H27N3O3/c1-25-17-11-10-13(12-20-17)18(23)22-16-9-5-8-15(16)19(24)21-14-6-3-2-4-7-14/h10-12,14-16H,2-9H2,1H3,(H,21,24)(H,22,23)/t15-,16+/m0/s1. The normalized spacial score (nSPS) is 23.9. The van der Waals surface area contributed by atoms with Crippen molar-refractivity contribution >= 4 is 11.8 Å². The fraction of sp³-hybridized carbons (Fsp3) is 0.632. The van der Waals surface area contributed by atoms with Gasteiger partial charge in [0.05, 0.1) is 18.6 Å². The number of hydrogen-bond donors (Lipinski definition) is 2. The zero-order valence-corrected chi connectivity index (χ0v) is 14.8. The average molecular weight is 345 g/mol. The average Bonchev–Trinajstić information content (AvgIpc) is 3.11. The Balaban J connectivity index is 1.56. The number of methoxy groups -OCH3 is 1. The summed E-state index contributed by atoms with van der Waals surface area (Å²) in [5.74, 6) is 0.263. The molecule has 3 rings (SSSR count). The van der Waals surface area contributed by atoms with Crippen LogP contribution in [0.2, 0.25) is 0 Å². The van der Waals surface area contributed by atoms with Gasteiger partial charge in [0.15, 0.2) is 0 Å². The third kappa shape index (κ3) is 4.50. The molecule has 6 nitrogen and oxygen atoms in total. The maximum Gasteiger partial charge on any atom is 0.253 e. The van der Waals surface area contributed by atoms with Gasteiger partial charge in [-0.2, -0.15) is 0 Å². The van der Waals surface area contributed by atoms with Crippen molar-refractivity contribution in [2.75, 3.05) is 7.11 Å². The Bertz CT molecular complexity index is 596. The monoisotopic (exact) mass is 345 g/mol. The number of nitrogens with one attached hydrogen (secondary N) is 2. The largest absolute Gasteiger partial charge is 0.481 e. The molecule has 1 aromatic heterocycles. The molecular weight excluding hydrogens is 318 g/mol. The molecule has 25 heavy (non-hydrogen) atoms. The van der Waals surface area contributed by atoms with Crippen LogP contribution in [-0.2, 0) is 4.79 Å². The van der Waals surface area contributed by atoms with Crippen molar-refractivity contribution in [2.45, 2.75) is 63.5 Å². The van der Waals surface area contributed by atoms with Gasteiger partial charge in [0.25, 0.3) is 5.91 Å². The molecule has 2 atom stereocenters. The quantitative estimate of drug-likeness (QED) is 0.859. The summed E-state index contributed by atoms with van der Waals surface area (Å²) in [7, 11) is 1.54. The summed E-state index contributed by atoms with van der Waals surface area (Å²) in [6, 6.07) is 3.56. The molecule has 2 aliphatic rings. The Kier molecular flexibility index (Phi) is 5.89. The first kappa shape index (κ1) is 17.7. The Morgan fingerprint density at radius 3 is 2.52 bits per heavy atom. The van der Waals surface area contributed by atoms with E-state index in [1.165, 1.54) is 32.6 Å². The number of rotatable bonds is 5. The van der Waals surface area contributed by atoms with Gasteiger partial charge in [-0.25, -0.2) is 4.98 Å². The number of pyridine rings is 1. The number of nitrogens with zero attached hydrogens (tertiary/aromatic N) is 1. The number of aromatic nitrogens is 1. The van der Waals surface area contributed by atoms with Crippen molar-refractivity contribution < 1.29 is 14.3 Å². The fourth-order valence-electron chi connectivity index (χ4n) is 3.89. The lowest BCUT2D eigenvalue weighted by atomic mass is 9.94. The molecule has 0 spiro atoms. The molecule has 2 fully saturated rings. The van der Waals surface area contributed by atoms with Crippen LogP contribution in [-0.4, -0.2) is 36.0 Å². The molecule has 0 bridgehead atoms. The summed E-state index contributed by atoms with van der Waals surface area (Å²) >= 11 is 0. The van der Waals surface area contributed by atoms with E-state index in [0.29, 0.717) is 17.5 Å². The van der Waals surface area contributed by atoms with Crippen LogP contribution in [0.15, 0.2) is 18.3 Å². The zero-order chi connectivity index (χ0) is 17.6. The van der Waals surface area contributed by atoms with Crippen molar-refractivity contribution in [1.29, 1.82) is 0 Å². The summed E-state index contributed by atoms with van der Waals surface area (Å²) < 4.78 is 5.01. The van der Waals surface area contributed by atoms with Gasteiger partial charge in [-0.3, -0.25) is 9.59 Å². The number of hydrogen-bond acceptors (Lipinski definition) is 4. The summed E-state index contributed by atoms with van der Waals surface area (Å²) in [5, 5.41) is 6.22. The van der Waals surface area contributed by atoms with E-state index >= 15 is 0 Å². The highest BCUT2D eigenvalue weighted by molar-refractivity contribution is 5.94. The number of amides is 2. The highest BCUT2D eigenvalue weighted by atomic mass is 16.5. The topological polar surface area (TPSA) is 80.3 Å². The highest BCUT2D eigenvalue weighted by Gasteiger charge is 2.35. The van der Waals surface area contributed by atoms with Crippen LogP contribution in [0, 0.1) is 5.92 Å². The highest BCUT2D eigenvalue weighted by Crippen LogP contribution is 2.27. The van der Waals surface area contributed by atoms with Crippen LogP contribution >= 0.6 is 0 Å². The van der Waals surface area contributed by atoms with E-state index in [1.807, 2.05) is 0 Å². The van der Waals surface area contributed by atoms with E-state index in [-0.39, 0.29) is 23.8 Å². The summed E-state index contributed by atoms with van der Waals surface area (Å²) in [4.78, 5) is 29.1. The van der Waals surface area contributed by atoms with Gasteiger partial charge >= 0.3 is 0 Å². The van der Waals surface area contributed by atoms with Crippen molar-refractivity contribution in [3.63, 3.8) is 0 Å². The molecule has 0 radical (unpaired) electrons. The van der Waals surface area contributed by atoms with E-state index in [2.05, 4.69) is 15.6 Å². The smallest absolute Gasteiger partial charge is 0.253 e. The minimum absolute atomic E-state index is 0.0989. The van der Waals surface area contributed by atoms with Crippen LogP contribution in [0.1, 0.15) is 61.7 Å². The van der Waals surface area contributed by atoms with Crippen LogP contribution in [0.5, 0.6) is 5.88 Å². The van der Waals surface area contributed by atoms with E-state index in [1.54, 1.807) is 12.1 Å². The molecular formula is C19H27N3O3. The van der Waals surface area contributed by atoms with Crippen LogP contribution in [0.3, 0.4) is 0 Å². The van der Waals surface area contributed by atoms with Gasteiger partial charge in [0, 0.05) is 24.3 Å². The molecule has 0 aromatic carbocycles. The van der Waals surface area contributed by atoms with Gasteiger partial charge in [-0.05, 0) is 31.7 Å². The predicted octanol–water partition coefficient (Wildman–Crippen LogP) is 2.44. The van der Waals surface area contributed by atoms with Crippen LogP contribution in [0.4, 0.5) is 0 Å². The summed E-state index contributed by atoms with van der Waals surface area (Å²) in [6.45, 7) is 0. The molecule has 2 amide bonds. The minimum Gasteiger partial charge on any atom is -0.481 e. The van der Waals surface area contributed by atoms with Crippen molar-refractivity contribution in [1.82, 2.24) is 15.6 Å². The van der Waals surface area contributed by atoms with E-state index in [0.717, 1.165) is 32.1 Å². The molecule has 136 valence electrons. The Morgan fingerprint density at radius 1 is 1.04 bits per heavy atom. The predicted molar refractivity (Wildman–Crippen MR) is 94.4 cm³/mol. The Labute approximate surface area is 148 Å². The lowest BCUT2D eigenvalue weighted by Gasteiger charge is -2.26. The third-order valence-electron chi connectivity index (χ3n) is 5.33. The number of ether oxygens (including phenoxy) is 1. The SMILES string of the molecule is COc1ccc(C(=O)N[C@@H]2CCC[C@@H]2C(=O)NC2CCCCC2)cn1. The zero-order valence-electron chi connectivity index (χ0n) is 14.8. The minimum atomic E-state index is -0.183. The van der Waals surface area contributed by atoms with Crippen LogP contribution in [0.25, 0.3) is 0 Å². The first-order chi connectivity index (χ1) is 12.2. The molecule has 1 aromatic rings. The van der Waals surface area contributed by atoms with E-state index < -0.39 is 0 Å².